The summed E-state index contributed by atoms with van der Waals surface area (Å²) in [4.78, 5) is 16.4. The van der Waals surface area contributed by atoms with Crippen LogP contribution in [0.5, 0.6) is 0 Å². The molecule has 0 aromatic heterocycles. The second-order valence-corrected chi connectivity index (χ2v) is 8.69. The average Bonchev–Trinajstić information content (AvgIpc) is 2.58. The number of piperazine rings is 1. The van der Waals surface area contributed by atoms with Crippen molar-refractivity contribution in [2.75, 3.05) is 44.7 Å². The van der Waals surface area contributed by atoms with Crippen molar-refractivity contribution < 1.29 is 13.2 Å². The highest BCUT2D eigenvalue weighted by Gasteiger charge is 2.25. The van der Waals surface area contributed by atoms with Gasteiger partial charge in [-0.2, -0.15) is 0 Å². The Balaban J connectivity index is 0.00000312. The number of nitrogens with zero attached hydrogens (tertiary/aromatic N) is 2. The van der Waals surface area contributed by atoms with E-state index in [4.69, 9.17) is 5.73 Å². The number of amides is 1. The molecule has 2 N–H and O–H groups in total. The number of benzene rings is 1. The van der Waals surface area contributed by atoms with Crippen molar-refractivity contribution in [3.8, 4) is 0 Å². The second-order valence-electron chi connectivity index (χ2n) is 6.43. The van der Waals surface area contributed by atoms with E-state index in [2.05, 4.69) is 17.0 Å². The maximum atomic E-state index is 12.3. The van der Waals surface area contributed by atoms with E-state index in [1.807, 2.05) is 18.2 Å². The number of carbonyl (C=O) groups is 1. The molecule has 1 aliphatic rings. The molecule has 8 heteroatoms. The molecule has 1 heterocycles. The molecule has 142 valence electrons. The molecule has 0 aliphatic carbocycles. The lowest BCUT2D eigenvalue weighted by Gasteiger charge is -2.36. The van der Waals surface area contributed by atoms with Gasteiger partial charge < -0.3 is 10.6 Å². The van der Waals surface area contributed by atoms with Gasteiger partial charge >= 0.3 is 0 Å². The van der Waals surface area contributed by atoms with Crippen LogP contribution in [0.1, 0.15) is 12.0 Å². The van der Waals surface area contributed by atoms with E-state index >= 15 is 0 Å². The molecule has 1 aromatic rings. The Hall–Kier alpha value is -1.15. The van der Waals surface area contributed by atoms with Crippen LogP contribution in [-0.2, 0) is 21.1 Å². The van der Waals surface area contributed by atoms with Gasteiger partial charge in [0.2, 0.25) is 5.91 Å². The lowest BCUT2D eigenvalue weighted by atomic mass is 10.1. The van der Waals surface area contributed by atoms with E-state index in [0.29, 0.717) is 13.1 Å². The largest absolute Gasteiger partial charge is 0.339 e. The van der Waals surface area contributed by atoms with Gasteiger partial charge in [-0.05, 0) is 18.4 Å². The van der Waals surface area contributed by atoms with Crippen molar-refractivity contribution in [2.24, 2.45) is 5.73 Å². The topological polar surface area (TPSA) is 83.7 Å². The van der Waals surface area contributed by atoms with E-state index in [9.17, 15) is 13.2 Å². The first-order chi connectivity index (χ1) is 11.3. The van der Waals surface area contributed by atoms with E-state index in [-0.39, 0.29) is 30.5 Å². The molecular weight excluding hydrogens is 362 g/mol. The molecule has 1 saturated heterocycles. The highest BCUT2D eigenvalue weighted by Crippen LogP contribution is 2.08. The van der Waals surface area contributed by atoms with E-state index in [1.165, 1.54) is 5.56 Å². The second kappa shape index (κ2) is 10.1. The summed E-state index contributed by atoms with van der Waals surface area (Å²) >= 11 is 0. The average molecular weight is 390 g/mol. The van der Waals surface area contributed by atoms with Crippen LogP contribution in [0.4, 0.5) is 0 Å². The summed E-state index contributed by atoms with van der Waals surface area (Å²) in [5, 5.41) is 0. The van der Waals surface area contributed by atoms with Crippen LogP contribution in [-0.4, -0.2) is 74.9 Å². The normalized spacial score (nSPS) is 17.0. The highest BCUT2D eigenvalue weighted by atomic mass is 35.5. The molecule has 1 unspecified atom stereocenters. The van der Waals surface area contributed by atoms with Crippen molar-refractivity contribution >= 4 is 28.2 Å². The molecule has 0 spiro atoms. The smallest absolute Gasteiger partial charge is 0.239 e. The Morgan fingerprint density at radius 3 is 2.32 bits per heavy atom. The summed E-state index contributed by atoms with van der Waals surface area (Å²) in [5.74, 6) is -0.182. The minimum absolute atomic E-state index is 0. The maximum Gasteiger partial charge on any atom is 0.239 e. The van der Waals surface area contributed by atoms with Crippen LogP contribution >= 0.6 is 12.4 Å². The third-order valence-electron chi connectivity index (χ3n) is 4.36. The van der Waals surface area contributed by atoms with Gasteiger partial charge in [-0.25, -0.2) is 8.42 Å². The number of halogens is 1. The molecule has 1 atom stereocenters. The van der Waals surface area contributed by atoms with Gasteiger partial charge in [-0.1, -0.05) is 30.3 Å². The molecule has 0 radical (unpaired) electrons. The zero-order valence-electron chi connectivity index (χ0n) is 14.6. The van der Waals surface area contributed by atoms with Crippen molar-refractivity contribution in [3.05, 3.63) is 35.9 Å². The minimum atomic E-state index is -3.08. The molecule has 2 rings (SSSR count). The Kier molecular flexibility index (Phi) is 8.85. The summed E-state index contributed by atoms with van der Waals surface area (Å²) < 4.78 is 22.4. The van der Waals surface area contributed by atoms with E-state index in [0.717, 1.165) is 32.3 Å². The van der Waals surface area contributed by atoms with Gasteiger partial charge in [-0.3, -0.25) is 9.69 Å². The van der Waals surface area contributed by atoms with Crippen LogP contribution in [0.25, 0.3) is 0 Å². The van der Waals surface area contributed by atoms with Gasteiger partial charge in [0.15, 0.2) is 0 Å². The minimum Gasteiger partial charge on any atom is -0.339 e. The number of carbonyl (C=O) groups excluding carboxylic acids is 1. The number of nitrogens with two attached hydrogens (primary N) is 1. The first-order valence-corrected chi connectivity index (χ1v) is 10.4. The number of hydrogen-bond acceptors (Lipinski definition) is 5. The van der Waals surface area contributed by atoms with Crippen molar-refractivity contribution in [1.29, 1.82) is 0 Å². The standard InChI is InChI=1S/C17H27N3O3S.ClH/c1-24(22,23)14-8-16(18)17(21)20-12-10-19(11-13-20)9-7-15-5-3-2-4-6-15;/h2-6,16H,7-14,18H2,1H3;1H. The highest BCUT2D eigenvalue weighted by molar-refractivity contribution is 7.90. The maximum absolute atomic E-state index is 12.3. The zero-order chi connectivity index (χ0) is 17.6. The number of rotatable bonds is 7. The van der Waals surface area contributed by atoms with Crippen molar-refractivity contribution in [2.45, 2.75) is 18.9 Å². The lowest BCUT2D eigenvalue weighted by molar-refractivity contribution is -0.134. The number of hydrogen-bond donors (Lipinski definition) is 1. The first kappa shape index (κ1) is 21.9. The molecule has 1 fully saturated rings. The first-order valence-electron chi connectivity index (χ1n) is 8.33. The van der Waals surface area contributed by atoms with Crippen LogP contribution < -0.4 is 5.73 Å². The monoisotopic (exact) mass is 389 g/mol. The zero-order valence-corrected chi connectivity index (χ0v) is 16.3. The SMILES string of the molecule is CS(=O)(=O)CCC(N)C(=O)N1CCN(CCc2ccccc2)CC1.Cl. The molecule has 0 bridgehead atoms. The Bertz CT molecular complexity index is 632. The van der Waals surface area contributed by atoms with Crippen LogP contribution in [0, 0.1) is 0 Å². The Morgan fingerprint density at radius 1 is 1.16 bits per heavy atom. The quantitative estimate of drug-likeness (QED) is 0.736. The van der Waals surface area contributed by atoms with Gasteiger partial charge in [0.1, 0.15) is 9.84 Å². The Labute approximate surface area is 156 Å². The molecule has 0 saturated carbocycles. The molecule has 6 nitrogen and oxygen atoms in total. The predicted octanol–water partition coefficient (Wildman–Crippen LogP) is 0.557. The van der Waals surface area contributed by atoms with Crippen LogP contribution in [0.3, 0.4) is 0 Å². The molecule has 1 amide bonds. The van der Waals surface area contributed by atoms with E-state index < -0.39 is 15.9 Å². The van der Waals surface area contributed by atoms with Crippen molar-refractivity contribution in [1.82, 2.24) is 9.80 Å². The molecular formula is C17H28ClN3O3S. The van der Waals surface area contributed by atoms with Gasteiger partial charge in [0.25, 0.3) is 0 Å². The molecule has 1 aliphatic heterocycles. The summed E-state index contributed by atoms with van der Waals surface area (Å²) in [6.45, 7) is 3.95. The summed E-state index contributed by atoms with van der Waals surface area (Å²) in [5.41, 5.74) is 7.17. The van der Waals surface area contributed by atoms with Crippen LogP contribution in [0.15, 0.2) is 30.3 Å². The van der Waals surface area contributed by atoms with E-state index in [1.54, 1.807) is 4.90 Å². The summed E-state index contributed by atoms with van der Waals surface area (Å²) in [6.07, 6.45) is 2.35. The third-order valence-corrected chi connectivity index (χ3v) is 5.34. The fourth-order valence-electron chi connectivity index (χ4n) is 2.82. The fraction of sp³-hybridized carbons (Fsp3) is 0.588. The van der Waals surface area contributed by atoms with Gasteiger partial charge in [-0.15, -0.1) is 12.4 Å². The lowest BCUT2D eigenvalue weighted by Crippen LogP contribution is -2.53. The van der Waals surface area contributed by atoms with Gasteiger partial charge in [0.05, 0.1) is 11.8 Å². The Morgan fingerprint density at radius 2 is 1.76 bits per heavy atom. The predicted molar refractivity (Wildman–Crippen MR) is 103 cm³/mol. The van der Waals surface area contributed by atoms with Crippen LogP contribution in [0.2, 0.25) is 0 Å². The third kappa shape index (κ3) is 7.73. The molecule has 25 heavy (non-hydrogen) atoms. The number of sulfone groups is 1. The van der Waals surface area contributed by atoms with Crippen molar-refractivity contribution in [3.63, 3.8) is 0 Å². The van der Waals surface area contributed by atoms with Gasteiger partial charge in [0, 0.05) is 39.0 Å². The summed E-state index contributed by atoms with van der Waals surface area (Å²) in [7, 11) is -3.08. The molecule has 1 aromatic carbocycles. The summed E-state index contributed by atoms with van der Waals surface area (Å²) in [6, 6.07) is 9.63. The fourth-order valence-corrected chi connectivity index (χ4v) is 3.50.